The number of furan rings is 1. The molecule has 0 spiro atoms. The van der Waals surface area contributed by atoms with Gasteiger partial charge in [0.2, 0.25) is 5.91 Å². The summed E-state index contributed by atoms with van der Waals surface area (Å²) in [5, 5.41) is 5.61. The van der Waals surface area contributed by atoms with E-state index in [-0.39, 0.29) is 18.8 Å². The van der Waals surface area contributed by atoms with Gasteiger partial charge in [-0.05, 0) is 53.1 Å². The highest BCUT2D eigenvalue weighted by Crippen LogP contribution is 2.34. The van der Waals surface area contributed by atoms with Crippen LogP contribution in [-0.2, 0) is 22.6 Å². The quantitative estimate of drug-likeness (QED) is 0.343. The predicted molar refractivity (Wildman–Crippen MR) is 136 cm³/mol. The zero-order chi connectivity index (χ0) is 26.5. The van der Waals surface area contributed by atoms with E-state index in [1.165, 1.54) is 23.3 Å². The van der Waals surface area contributed by atoms with Crippen molar-refractivity contribution in [3.05, 3.63) is 126 Å². The van der Waals surface area contributed by atoms with E-state index in [9.17, 15) is 18.8 Å². The molecule has 3 amide bonds. The van der Waals surface area contributed by atoms with Crippen LogP contribution >= 0.6 is 0 Å². The first-order valence-corrected chi connectivity index (χ1v) is 12.0. The maximum Gasteiger partial charge on any atom is 0.411 e. The average molecular weight is 514 g/mol. The van der Waals surface area contributed by atoms with Crippen LogP contribution in [0.2, 0.25) is 0 Å². The van der Waals surface area contributed by atoms with Crippen molar-refractivity contribution in [1.82, 2.24) is 10.2 Å². The third-order valence-electron chi connectivity index (χ3n) is 6.15. The summed E-state index contributed by atoms with van der Waals surface area (Å²) < 4.78 is 24.6. The van der Waals surface area contributed by atoms with E-state index in [2.05, 4.69) is 10.6 Å². The van der Waals surface area contributed by atoms with Crippen LogP contribution in [-0.4, -0.2) is 28.8 Å². The van der Waals surface area contributed by atoms with E-state index in [1.807, 2.05) is 30.3 Å². The maximum absolute atomic E-state index is 13.8. The molecule has 5 rings (SSSR count). The molecule has 2 N–H and O–H groups in total. The van der Waals surface area contributed by atoms with Crippen molar-refractivity contribution in [2.45, 2.75) is 25.2 Å². The SMILES string of the molecule is O=C(Nc1ccc([C@@H]2OC(=O)N(Cc3cccc(F)c3)[C@H]2C(=O)NCc2ccccc2)cc1)c1ccco1. The van der Waals surface area contributed by atoms with E-state index in [0.717, 1.165) is 5.56 Å². The Bertz CT molecular complexity index is 1420. The first kappa shape index (κ1) is 24.8. The lowest BCUT2D eigenvalue weighted by molar-refractivity contribution is -0.126. The molecule has 38 heavy (non-hydrogen) atoms. The predicted octanol–water partition coefficient (Wildman–Crippen LogP) is 5.05. The van der Waals surface area contributed by atoms with Crippen molar-refractivity contribution in [1.29, 1.82) is 0 Å². The number of rotatable bonds is 8. The van der Waals surface area contributed by atoms with Crippen LogP contribution < -0.4 is 10.6 Å². The Kier molecular flexibility index (Phi) is 7.17. The number of cyclic esters (lactones) is 1. The lowest BCUT2D eigenvalue weighted by Crippen LogP contribution is -2.46. The van der Waals surface area contributed by atoms with Gasteiger partial charge in [-0.25, -0.2) is 9.18 Å². The van der Waals surface area contributed by atoms with E-state index >= 15 is 0 Å². The lowest BCUT2D eigenvalue weighted by Gasteiger charge is -2.24. The molecule has 1 aromatic heterocycles. The van der Waals surface area contributed by atoms with E-state index in [1.54, 1.807) is 48.5 Å². The molecular formula is C29H24FN3O5. The number of hydrogen-bond acceptors (Lipinski definition) is 5. The number of anilines is 1. The zero-order valence-corrected chi connectivity index (χ0v) is 20.2. The fraction of sp³-hybridized carbons (Fsp3) is 0.138. The molecule has 0 saturated carbocycles. The van der Waals surface area contributed by atoms with Gasteiger partial charge >= 0.3 is 6.09 Å². The fourth-order valence-corrected chi connectivity index (χ4v) is 4.29. The molecule has 1 fully saturated rings. The van der Waals surface area contributed by atoms with Gasteiger partial charge in [0, 0.05) is 12.2 Å². The Morgan fingerprint density at radius 2 is 1.66 bits per heavy atom. The summed E-state index contributed by atoms with van der Waals surface area (Å²) in [4.78, 5) is 39.9. The number of nitrogens with zero attached hydrogens (tertiary/aromatic N) is 1. The Hall–Kier alpha value is -4.92. The third-order valence-corrected chi connectivity index (χ3v) is 6.15. The largest absolute Gasteiger partial charge is 0.459 e. The second-order valence-electron chi connectivity index (χ2n) is 8.76. The molecule has 1 saturated heterocycles. The summed E-state index contributed by atoms with van der Waals surface area (Å²) in [7, 11) is 0. The summed E-state index contributed by atoms with van der Waals surface area (Å²) >= 11 is 0. The van der Waals surface area contributed by atoms with E-state index in [4.69, 9.17) is 9.15 Å². The van der Waals surface area contributed by atoms with Crippen LogP contribution in [0.25, 0.3) is 0 Å². The molecule has 4 aromatic rings. The first-order chi connectivity index (χ1) is 18.5. The van der Waals surface area contributed by atoms with Crippen molar-refractivity contribution in [2.75, 3.05) is 5.32 Å². The van der Waals surface area contributed by atoms with Gasteiger partial charge in [-0.3, -0.25) is 14.5 Å². The first-order valence-electron chi connectivity index (χ1n) is 12.0. The van der Waals surface area contributed by atoms with Crippen molar-refractivity contribution in [3.63, 3.8) is 0 Å². The molecule has 192 valence electrons. The van der Waals surface area contributed by atoms with E-state index < -0.39 is 35.9 Å². The molecule has 3 aromatic carbocycles. The van der Waals surface area contributed by atoms with Crippen molar-refractivity contribution in [2.24, 2.45) is 0 Å². The monoisotopic (exact) mass is 513 g/mol. The number of benzene rings is 3. The molecule has 1 aliphatic rings. The molecule has 2 heterocycles. The van der Waals surface area contributed by atoms with Gasteiger partial charge in [-0.15, -0.1) is 0 Å². The summed E-state index contributed by atoms with van der Waals surface area (Å²) in [5.74, 6) is -1.09. The molecule has 2 atom stereocenters. The van der Waals surface area contributed by atoms with Gasteiger partial charge in [0.1, 0.15) is 5.82 Å². The van der Waals surface area contributed by atoms with Crippen LogP contribution in [0.5, 0.6) is 0 Å². The van der Waals surface area contributed by atoms with Crippen LogP contribution in [0.4, 0.5) is 14.9 Å². The molecule has 1 aliphatic heterocycles. The highest BCUT2D eigenvalue weighted by molar-refractivity contribution is 6.02. The summed E-state index contributed by atoms with van der Waals surface area (Å²) in [6.45, 7) is 0.260. The van der Waals surface area contributed by atoms with Crippen molar-refractivity contribution >= 4 is 23.6 Å². The zero-order valence-electron chi connectivity index (χ0n) is 20.2. The topological polar surface area (TPSA) is 101 Å². The number of nitrogens with one attached hydrogen (secondary N) is 2. The van der Waals surface area contributed by atoms with Crippen LogP contribution in [0.1, 0.15) is 33.3 Å². The molecule has 0 unspecified atom stereocenters. The van der Waals surface area contributed by atoms with Crippen molar-refractivity contribution in [3.8, 4) is 0 Å². The van der Waals surface area contributed by atoms with Gasteiger partial charge in [-0.2, -0.15) is 0 Å². The van der Waals surface area contributed by atoms with Gasteiger partial charge in [0.15, 0.2) is 17.9 Å². The maximum atomic E-state index is 13.8. The van der Waals surface area contributed by atoms with Crippen LogP contribution in [0, 0.1) is 5.82 Å². The molecule has 9 heteroatoms. The van der Waals surface area contributed by atoms with Gasteiger partial charge in [0.25, 0.3) is 5.91 Å². The number of ether oxygens (including phenoxy) is 1. The molecular weight excluding hydrogens is 489 g/mol. The Morgan fingerprint density at radius 1 is 0.895 bits per heavy atom. The molecule has 0 aliphatic carbocycles. The number of hydrogen-bond donors (Lipinski definition) is 2. The number of carbonyl (C=O) groups is 3. The van der Waals surface area contributed by atoms with Crippen LogP contribution in [0.15, 0.2) is 102 Å². The number of carbonyl (C=O) groups excluding carboxylic acids is 3. The lowest BCUT2D eigenvalue weighted by atomic mass is 10.00. The van der Waals surface area contributed by atoms with E-state index in [0.29, 0.717) is 16.8 Å². The molecule has 8 nitrogen and oxygen atoms in total. The summed E-state index contributed by atoms with van der Waals surface area (Å²) in [6.07, 6.45) is -0.193. The molecule has 0 bridgehead atoms. The van der Waals surface area contributed by atoms with Gasteiger partial charge < -0.3 is 19.8 Å². The number of amides is 3. The Morgan fingerprint density at radius 3 is 2.37 bits per heavy atom. The van der Waals surface area contributed by atoms with Gasteiger partial charge in [0.05, 0.1) is 12.8 Å². The minimum absolute atomic E-state index is 0.00615. The smallest absolute Gasteiger partial charge is 0.411 e. The summed E-state index contributed by atoms with van der Waals surface area (Å²) in [6, 6.07) is 24.1. The van der Waals surface area contributed by atoms with Gasteiger partial charge in [-0.1, -0.05) is 54.6 Å². The highest BCUT2D eigenvalue weighted by atomic mass is 19.1. The Labute approximate surface area is 218 Å². The molecule has 0 radical (unpaired) electrons. The summed E-state index contributed by atoms with van der Waals surface area (Å²) in [5.41, 5.74) is 2.49. The second kappa shape index (κ2) is 11.0. The normalized spacial score (nSPS) is 16.7. The third kappa shape index (κ3) is 5.57. The van der Waals surface area contributed by atoms with Crippen LogP contribution in [0.3, 0.4) is 0 Å². The minimum atomic E-state index is -1.00. The average Bonchev–Trinajstić information content (AvgIpc) is 3.57. The number of halogens is 1. The fourth-order valence-electron chi connectivity index (χ4n) is 4.29. The van der Waals surface area contributed by atoms with Crippen molar-refractivity contribution < 1.29 is 27.9 Å². The highest BCUT2D eigenvalue weighted by Gasteiger charge is 2.47. The standard InChI is InChI=1S/C29H24FN3O5/c30-22-9-4-8-20(16-22)18-33-25(28(35)31-17-19-6-2-1-3-7-19)26(38-29(33)36)21-11-13-23(14-12-21)32-27(34)24-10-5-15-37-24/h1-16,25-26H,17-18H2,(H,31,35)(H,32,34)/t25-,26+/m1/s1. The Balaban J connectivity index is 1.37. The second-order valence-corrected chi connectivity index (χ2v) is 8.76. The minimum Gasteiger partial charge on any atom is -0.459 e.